The number of benzene rings is 1. The molecule has 0 fully saturated rings. The average molecular weight is 324 g/mol. The van der Waals surface area contributed by atoms with Crippen molar-refractivity contribution in [1.29, 1.82) is 0 Å². The Hall–Kier alpha value is -3.16. The van der Waals surface area contributed by atoms with E-state index in [1.807, 2.05) is 36.5 Å². The van der Waals surface area contributed by atoms with Crippen molar-refractivity contribution in [2.45, 2.75) is 24.8 Å². The molecule has 0 bridgehead atoms. The zero-order valence-electron chi connectivity index (χ0n) is 12.8. The molecule has 3 N–H and O–H groups in total. The van der Waals surface area contributed by atoms with E-state index in [2.05, 4.69) is 15.2 Å². The van der Waals surface area contributed by atoms with Gasteiger partial charge in [-0.3, -0.25) is 0 Å². The fraction of sp³-hybridized carbons (Fsp3) is 0.250. The number of aromatic nitrogens is 5. The predicted molar refractivity (Wildman–Crippen MR) is 85.7 cm³/mol. The summed E-state index contributed by atoms with van der Waals surface area (Å²) in [6, 6.07) is 9.08. The number of para-hydroxylation sites is 1. The molecule has 8 heteroatoms. The SMILES string of the molecule is Nc1nc2n(n1)C(C(=O)O)CCC2c1cnn(-c2ccccc2)c1. The molecule has 8 nitrogen and oxygen atoms in total. The van der Waals surface area contributed by atoms with Crippen LogP contribution in [-0.4, -0.2) is 35.6 Å². The highest BCUT2D eigenvalue weighted by Gasteiger charge is 2.35. The predicted octanol–water partition coefficient (Wildman–Crippen LogP) is 1.60. The molecule has 1 aliphatic heterocycles. The second kappa shape index (κ2) is 5.48. The molecule has 0 aliphatic carbocycles. The lowest BCUT2D eigenvalue weighted by Crippen LogP contribution is -2.28. The van der Waals surface area contributed by atoms with Crippen LogP contribution in [0.5, 0.6) is 0 Å². The number of nitrogens with zero attached hydrogens (tertiary/aromatic N) is 5. The zero-order chi connectivity index (χ0) is 16.7. The smallest absolute Gasteiger partial charge is 0.328 e. The van der Waals surface area contributed by atoms with Crippen molar-refractivity contribution in [2.24, 2.45) is 0 Å². The first-order chi connectivity index (χ1) is 11.6. The lowest BCUT2D eigenvalue weighted by atomic mass is 9.90. The summed E-state index contributed by atoms with van der Waals surface area (Å²) in [5.74, 6) is -0.306. The van der Waals surface area contributed by atoms with Crippen molar-refractivity contribution in [3.8, 4) is 5.69 Å². The van der Waals surface area contributed by atoms with E-state index < -0.39 is 12.0 Å². The van der Waals surface area contributed by atoms with Crippen LogP contribution < -0.4 is 5.73 Å². The molecule has 4 rings (SSSR count). The summed E-state index contributed by atoms with van der Waals surface area (Å²) < 4.78 is 3.23. The van der Waals surface area contributed by atoms with Gasteiger partial charge in [-0.2, -0.15) is 10.1 Å². The van der Waals surface area contributed by atoms with Crippen molar-refractivity contribution >= 4 is 11.9 Å². The number of anilines is 1. The van der Waals surface area contributed by atoms with Crippen LogP contribution in [0.3, 0.4) is 0 Å². The summed E-state index contributed by atoms with van der Waals surface area (Å²) in [6.07, 6.45) is 4.87. The van der Waals surface area contributed by atoms with E-state index in [9.17, 15) is 9.90 Å². The van der Waals surface area contributed by atoms with Crippen LogP contribution in [0.25, 0.3) is 5.69 Å². The Kier molecular flexibility index (Phi) is 3.30. The van der Waals surface area contributed by atoms with E-state index in [1.54, 1.807) is 10.9 Å². The number of carboxylic acids is 1. The largest absolute Gasteiger partial charge is 0.480 e. The summed E-state index contributed by atoms with van der Waals surface area (Å²) in [6.45, 7) is 0. The summed E-state index contributed by atoms with van der Waals surface area (Å²) in [5.41, 5.74) is 7.63. The van der Waals surface area contributed by atoms with E-state index in [0.717, 1.165) is 11.3 Å². The molecule has 3 heterocycles. The highest BCUT2D eigenvalue weighted by atomic mass is 16.4. The molecule has 0 saturated heterocycles. The Bertz CT molecular complexity index is 885. The molecule has 122 valence electrons. The van der Waals surface area contributed by atoms with E-state index in [1.165, 1.54) is 4.68 Å². The highest BCUT2D eigenvalue weighted by molar-refractivity contribution is 5.72. The number of nitrogens with two attached hydrogens (primary N) is 1. The molecule has 1 aromatic carbocycles. The van der Waals surface area contributed by atoms with Gasteiger partial charge >= 0.3 is 5.97 Å². The fourth-order valence-corrected chi connectivity index (χ4v) is 3.18. The molecule has 1 aliphatic rings. The second-order valence-electron chi connectivity index (χ2n) is 5.81. The molecule has 2 unspecified atom stereocenters. The van der Waals surface area contributed by atoms with Crippen molar-refractivity contribution in [3.05, 3.63) is 54.1 Å². The molecule has 0 radical (unpaired) electrons. The Morgan fingerprint density at radius 3 is 2.79 bits per heavy atom. The van der Waals surface area contributed by atoms with Gasteiger partial charge in [0, 0.05) is 17.7 Å². The maximum absolute atomic E-state index is 11.4. The van der Waals surface area contributed by atoms with Crippen molar-refractivity contribution in [3.63, 3.8) is 0 Å². The molecule has 2 aromatic heterocycles. The summed E-state index contributed by atoms with van der Waals surface area (Å²) in [5, 5.41) is 17.8. The van der Waals surface area contributed by atoms with Gasteiger partial charge in [-0.1, -0.05) is 18.2 Å². The topological polar surface area (TPSA) is 112 Å². The molecule has 0 saturated carbocycles. The normalized spacial score (nSPS) is 19.8. The molecule has 3 aromatic rings. The molecular formula is C16H16N6O2. The monoisotopic (exact) mass is 324 g/mol. The third kappa shape index (κ3) is 2.32. The molecule has 24 heavy (non-hydrogen) atoms. The van der Waals surface area contributed by atoms with Crippen LogP contribution in [0.1, 0.15) is 36.2 Å². The van der Waals surface area contributed by atoms with Gasteiger partial charge in [0.2, 0.25) is 5.95 Å². The number of nitrogen functional groups attached to an aromatic ring is 1. The quantitative estimate of drug-likeness (QED) is 0.757. The maximum Gasteiger partial charge on any atom is 0.328 e. The van der Waals surface area contributed by atoms with E-state index in [4.69, 9.17) is 5.73 Å². The number of hydrogen-bond acceptors (Lipinski definition) is 5. The Labute approximate surface area is 137 Å². The first-order valence-electron chi connectivity index (χ1n) is 7.68. The van der Waals surface area contributed by atoms with Gasteiger partial charge in [-0.25, -0.2) is 14.2 Å². The van der Waals surface area contributed by atoms with Gasteiger partial charge in [0.05, 0.1) is 11.9 Å². The van der Waals surface area contributed by atoms with Crippen molar-refractivity contribution < 1.29 is 9.90 Å². The van der Waals surface area contributed by atoms with Crippen LogP contribution >= 0.6 is 0 Å². The summed E-state index contributed by atoms with van der Waals surface area (Å²) >= 11 is 0. The first kappa shape index (κ1) is 14.4. The minimum absolute atomic E-state index is 0.0668. The number of rotatable bonds is 3. The van der Waals surface area contributed by atoms with Crippen LogP contribution in [0.2, 0.25) is 0 Å². The molecular weight excluding hydrogens is 308 g/mol. The second-order valence-corrected chi connectivity index (χ2v) is 5.81. The lowest BCUT2D eigenvalue weighted by molar-refractivity contribution is -0.141. The minimum Gasteiger partial charge on any atom is -0.480 e. The van der Waals surface area contributed by atoms with Crippen LogP contribution in [0.4, 0.5) is 5.95 Å². The van der Waals surface area contributed by atoms with Crippen LogP contribution in [0, 0.1) is 0 Å². The molecule has 0 amide bonds. The van der Waals surface area contributed by atoms with Crippen LogP contribution in [-0.2, 0) is 4.79 Å². The Morgan fingerprint density at radius 2 is 2.04 bits per heavy atom. The van der Waals surface area contributed by atoms with Gasteiger partial charge in [0.15, 0.2) is 6.04 Å². The third-order valence-electron chi connectivity index (χ3n) is 4.32. The molecule has 0 spiro atoms. The number of hydrogen-bond donors (Lipinski definition) is 2. The van der Waals surface area contributed by atoms with E-state index >= 15 is 0 Å². The van der Waals surface area contributed by atoms with Gasteiger partial charge in [-0.15, -0.1) is 5.10 Å². The first-order valence-corrected chi connectivity index (χ1v) is 7.68. The van der Waals surface area contributed by atoms with Gasteiger partial charge < -0.3 is 10.8 Å². The maximum atomic E-state index is 11.4. The van der Waals surface area contributed by atoms with E-state index in [-0.39, 0.29) is 11.9 Å². The molecule has 2 atom stereocenters. The van der Waals surface area contributed by atoms with Crippen molar-refractivity contribution in [2.75, 3.05) is 5.73 Å². The third-order valence-corrected chi connectivity index (χ3v) is 4.32. The van der Waals surface area contributed by atoms with Crippen molar-refractivity contribution in [1.82, 2.24) is 24.5 Å². The number of carboxylic acid groups (broad SMARTS) is 1. The van der Waals surface area contributed by atoms with Gasteiger partial charge in [0.25, 0.3) is 0 Å². The van der Waals surface area contributed by atoms with Gasteiger partial charge in [-0.05, 0) is 25.0 Å². The fourth-order valence-electron chi connectivity index (χ4n) is 3.18. The highest BCUT2D eigenvalue weighted by Crippen LogP contribution is 2.37. The minimum atomic E-state index is -0.917. The Morgan fingerprint density at radius 1 is 1.25 bits per heavy atom. The average Bonchev–Trinajstić information content (AvgIpc) is 3.20. The lowest BCUT2D eigenvalue weighted by Gasteiger charge is -2.25. The number of aliphatic carboxylic acids is 1. The number of carbonyl (C=O) groups is 1. The van der Waals surface area contributed by atoms with Crippen LogP contribution in [0.15, 0.2) is 42.7 Å². The zero-order valence-corrected chi connectivity index (χ0v) is 12.8. The number of fused-ring (bicyclic) bond motifs is 1. The van der Waals surface area contributed by atoms with Gasteiger partial charge in [0.1, 0.15) is 5.82 Å². The Balaban J connectivity index is 1.71. The standard InChI is InChI=1S/C16H16N6O2/c17-16-19-14-12(6-7-13(15(23)24)22(14)20-16)10-8-18-21(9-10)11-4-2-1-3-5-11/h1-5,8-9,12-13H,6-7H2,(H2,17,20)(H,23,24). The summed E-state index contributed by atoms with van der Waals surface area (Å²) in [7, 11) is 0. The summed E-state index contributed by atoms with van der Waals surface area (Å²) in [4.78, 5) is 15.7. The van der Waals surface area contributed by atoms with E-state index in [0.29, 0.717) is 18.7 Å².